The largest absolute Gasteiger partial charge is 0.507 e. The van der Waals surface area contributed by atoms with Gasteiger partial charge in [0.1, 0.15) is 5.75 Å². The van der Waals surface area contributed by atoms with Gasteiger partial charge in [0.15, 0.2) is 0 Å². The lowest BCUT2D eigenvalue weighted by molar-refractivity contribution is 0.274. The van der Waals surface area contributed by atoms with Crippen LogP contribution in [0.2, 0.25) is 0 Å². The first-order valence-corrected chi connectivity index (χ1v) is 6.85. The van der Waals surface area contributed by atoms with Crippen LogP contribution in [0.1, 0.15) is 31.4 Å². The summed E-state index contributed by atoms with van der Waals surface area (Å²) in [5, 5.41) is 10.7. The Labute approximate surface area is 107 Å². The van der Waals surface area contributed by atoms with Gasteiger partial charge in [0.05, 0.1) is 0 Å². The number of hydrogen-bond acceptors (Lipinski definition) is 2. The number of fused-ring (bicyclic) bond motifs is 1. The van der Waals surface area contributed by atoms with Gasteiger partial charge in [0.2, 0.25) is 0 Å². The van der Waals surface area contributed by atoms with E-state index in [0.29, 0.717) is 5.75 Å². The van der Waals surface area contributed by atoms with E-state index in [-0.39, 0.29) is 0 Å². The second kappa shape index (κ2) is 5.02. The van der Waals surface area contributed by atoms with Crippen molar-refractivity contribution in [1.82, 2.24) is 9.88 Å². The minimum absolute atomic E-state index is 0.367. The number of phenolic OH excluding ortho intramolecular Hbond substituents is 1. The first-order valence-electron chi connectivity index (χ1n) is 6.85. The van der Waals surface area contributed by atoms with Crippen molar-refractivity contribution in [3.63, 3.8) is 0 Å². The average molecular weight is 244 g/mol. The second-order valence-electron chi connectivity index (χ2n) is 5.22. The summed E-state index contributed by atoms with van der Waals surface area (Å²) < 4.78 is 0. The Morgan fingerprint density at radius 1 is 1.11 bits per heavy atom. The number of nitrogens with zero attached hydrogens (tertiary/aromatic N) is 1. The molecule has 1 saturated heterocycles. The quantitative estimate of drug-likeness (QED) is 0.851. The number of hydrogen-bond donors (Lipinski definition) is 2. The van der Waals surface area contributed by atoms with Gasteiger partial charge >= 0.3 is 0 Å². The molecule has 3 heteroatoms. The van der Waals surface area contributed by atoms with Crippen molar-refractivity contribution in [2.24, 2.45) is 0 Å². The molecule has 96 valence electrons. The lowest BCUT2D eigenvalue weighted by Crippen LogP contribution is -2.24. The highest BCUT2D eigenvalue weighted by molar-refractivity contribution is 5.86. The van der Waals surface area contributed by atoms with Crippen LogP contribution in [0.4, 0.5) is 0 Å². The first-order chi connectivity index (χ1) is 8.83. The van der Waals surface area contributed by atoms with Gasteiger partial charge in [-0.15, -0.1) is 0 Å². The van der Waals surface area contributed by atoms with Crippen LogP contribution < -0.4 is 0 Å². The Hall–Kier alpha value is -1.48. The van der Waals surface area contributed by atoms with E-state index in [1.165, 1.54) is 44.5 Å². The summed E-state index contributed by atoms with van der Waals surface area (Å²) in [4.78, 5) is 5.91. The predicted octanol–water partition coefficient (Wildman–Crippen LogP) is 3.25. The van der Waals surface area contributed by atoms with Crippen molar-refractivity contribution in [1.29, 1.82) is 0 Å². The van der Waals surface area contributed by atoms with E-state index in [4.69, 9.17) is 0 Å². The number of aromatic hydroxyl groups is 1. The van der Waals surface area contributed by atoms with Gasteiger partial charge < -0.3 is 10.1 Å². The van der Waals surface area contributed by atoms with Crippen molar-refractivity contribution in [3.05, 3.63) is 30.0 Å². The maximum atomic E-state index is 9.80. The molecule has 2 N–H and O–H groups in total. The van der Waals surface area contributed by atoms with Crippen LogP contribution in [-0.4, -0.2) is 28.1 Å². The minimum Gasteiger partial charge on any atom is -0.507 e. The highest BCUT2D eigenvalue weighted by Crippen LogP contribution is 2.25. The molecule has 0 unspecified atom stereocenters. The number of likely N-dealkylation sites (tertiary alicyclic amines) is 1. The van der Waals surface area contributed by atoms with Crippen LogP contribution in [-0.2, 0) is 6.54 Å². The fraction of sp³-hybridized carbons (Fsp3) is 0.467. The second-order valence-corrected chi connectivity index (χ2v) is 5.22. The van der Waals surface area contributed by atoms with Crippen molar-refractivity contribution in [3.8, 4) is 5.75 Å². The first kappa shape index (κ1) is 11.6. The summed E-state index contributed by atoms with van der Waals surface area (Å²) in [7, 11) is 0. The number of rotatable bonds is 2. The Bertz CT molecular complexity index is 524. The SMILES string of the molecule is Oc1cccc2[nH]c(CN3CCCCCC3)cc12. The van der Waals surface area contributed by atoms with Crippen molar-refractivity contribution in [2.75, 3.05) is 13.1 Å². The molecule has 3 rings (SSSR count). The molecule has 0 atom stereocenters. The molecule has 2 aromatic rings. The number of nitrogens with one attached hydrogen (secondary N) is 1. The van der Waals surface area contributed by atoms with Crippen molar-refractivity contribution < 1.29 is 5.11 Å². The van der Waals surface area contributed by atoms with E-state index in [9.17, 15) is 5.11 Å². The highest BCUT2D eigenvalue weighted by Gasteiger charge is 2.11. The van der Waals surface area contributed by atoms with E-state index in [1.807, 2.05) is 12.1 Å². The molecular formula is C15H20N2O. The van der Waals surface area contributed by atoms with E-state index in [2.05, 4.69) is 16.0 Å². The summed E-state index contributed by atoms with van der Waals surface area (Å²) in [5.74, 6) is 0.367. The highest BCUT2D eigenvalue weighted by atomic mass is 16.3. The molecule has 1 aliphatic rings. The van der Waals surface area contributed by atoms with Crippen LogP contribution in [0.25, 0.3) is 10.9 Å². The third kappa shape index (κ3) is 2.36. The van der Waals surface area contributed by atoms with Crippen LogP contribution in [0.5, 0.6) is 5.75 Å². The van der Waals surface area contributed by atoms with E-state index < -0.39 is 0 Å². The molecule has 1 aromatic carbocycles. The number of phenols is 1. The topological polar surface area (TPSA) is 39.3 Å². The normalized spacial score (nSPS) is 18.0. The molecule has 1 aliphatic heterocycles. The van der Waals surface area contributed by atoms with Gasteiger partial charge in [-0.1, -0.05) is 18.9 Å². The van der Waals surface area contributed by atoms with Crippen LogP contribution in [0.3, 0.4) is 0 Å². The molecule has 1 fully saturated rings. The standard InChI is InChI=1S/C15H20N2O/c18-15-7-5-6-14-13(15)10-12(16-14)11-17-8-3-1-2-4-9-17/h5-7,10,16,18H,1-4,8-9,11H2. The van der Waals surface area contributed by atoms with Gasteiger partial charge in [0.25, 0.3) is 0 Å². The maximum absolute atomic E-state index is 9.80. The molecule has 0 amide bonds. The fourth-order valence-corrected chi connectivity index (χ4v) is 2.82. The molecule has 0 spiro atoms. The zero-order valence-electron chi connectivity index (χ0n) is 10.7. The van der Waals surface area contributed by atoms with Gasteiger partial charge in [-0.25, -0.2) is 0 Å². The molecular weight excluding hydrogens is 224 g/mol. The summed E-state index contributed by atoms with van der Waals surface area (Å²) in [6.07, 6.45) is 5.35. The summed E-state index contributed by atoms with van der Waals surface area (Å²) in [5.41, 5.74) is 2.23. The van der Waals surface area contributed by atoms with E-state index >= 15 is 0 Å². The number of aromatic nitrogens is 1. The van der Waals surface area contributed by atoms with Gasteiger partial charge in [-0.3, -0.25) is 4.90 Å². The molecule has 0 radical (unpaired) electrons. The molecule has 3 nitrogen and oxygen atoms in total. The van der Waals surface area contributed by atoms with Crippen LogP contribution in [0.15, 0.2) is 24.3 Å². The van der Waals surface area contributed by atoms with E-state index in [0.717, 1.165) is 17.4 Å². The summed E-state index contributed by atoms with van der Waals surface area (Å²) in [6, 6.07) is 7.71. The molecule has 0 aliphatic carbocycles. The predicted molar refractivity (Wildman–Crippen MR) is 73.7 cm³/mol. The molecule has 0 bridgehead atoms. The third-order valence-corrected chi connectivity index (χ3v) is 3.79. The Kier molecular flexibility index (Phi) is 3.24. The zero-order valence-corrected chi connectivity index (χ0v) is 10.7. The lowest BCUT2D eigenvalue weighted by Gasteiger charge is -2.18. The van der Waals surface area contributed by atoms with Crippen molar-refractivity contribution in [2.45, 2.75) is 32.2 Å². The molecule has 2 heterocycles. The molecule has 1 aromatic heterocycles. The Morgan fingerprint density at radius 2 is 1.89 bits per heavy atom. The average Bonchev–Trinajstić information content (AvgIpc) is 2.60. The lowest BCUT2D eigenvalue weighted by atomic mass is 10.2. The molecule has 18 heavy (non-hydrogen) atoms. The number of H-pyrrole nitrogens is 1. The Balaban J connectivity index is 1.79. The Morgan fingerprint density at radius 3 is 2.61 bits per heavy atom. The van der Waals surface area contributed by atoms with E-state index in [1.54, 1.807) is 6.07 Å². The zero-order chi connectivity index (χ0) is 12.4. The van der Waals surface area contributed by atoms with Gasteiger partial charge in [-0.2, -0.15) is 0 Å². The third-order valence-electron chi connectivity index (χ3n) is 3.79. The smallest absolute Gasteiger partial charge is 0.124 e. The van der Waals surface area contributed by atoms with Gasteiger partial charge in [-0.05, 0) is 44.1 Å². The fourth-order valence-electron chi connectivity index (χ4n) is 2.82. The summed E-state index contributed by atoms with van der Waals surface area (Å²) >= 11 is 0. The molecule has 0 saturated carbocycles. The number of benzene rings is 1. The monoisotopic (exact) mass is 244 g/mol. The van der Waals surface area contributed by atoms with Crippen LogP contribution in [0, 0.1) is 0 Å². The number of aromatic amines is 1. The maximum Gasteiger partial charge on any atom is 0.124 e. The van der Waals surface area contributed by atoms with Gasteiger partial charge in [0, 0.05) is 23.1 Å². The van der Waals surface area contributed by atoms with Crippen LogP contribution >= 0.6 is 0 Å². The minimum atomic E-state index is 0.367. The summed E-state index contributed by atoms with van der Waals surface area (Å²) in [6.45, 7) is 3.36. The van der Waals surface area contributed by atoms with Crippen molar-refractivity contribution >= 4 is 10.9 Å².